The molecule has 0 saturated heterocycles. The lowest BCUT2D eigenvalue weighted by molar-refractivity contribution is 0.0875. The van der Waals surface area contributed by atoms with Crippen LogP contribution < -0.4 is 4.18 Å². The second-order valence-electron chi connectivity index (χ2n) is 12.0. The number of halogens is 1. The second kappa shape index (κ2) is 13.4. The molecule has 5 aromatic carbocycles. The molecule has 0 aromatic heterocycles. The van der Waals surface area contributed by atoms with Crippen LogP contribution in [0.1, 0.15) is 62.3 Å². The Labute approximate surface area is 280 Å². The first-order valence-corrected chi connectivity index (χ1v) is 17.4. The lowest BCUT2D eigenvalue weighted by atomic mass is 9.90. The molecule has 0 saturated carbocycles. The summed E-state index contributed by atoms with van der Waals surface area (Å²) >= 11 is 3.38. The Hall–Kier alpha value is -3.91. The SMILES string of the molecule is Cc1ccc(C)c2c(O)cccc12.Cc1ccc(C)c2c1C1C=CC2O1.Cc1ccc(S(=O)(=O)Oc2c(C)ccc(C)c2Br)cc1. The van der Waals surface area contributed by atoms with Gasteiger partial charge in [0.05, 0.1) is 4.47 Å². The van der Waals surface area contributed by atoms with Crippen LogP contribution in [0.15, 0.2) is 100 Å². The van der Waals surface area contributed by atoms with Crippen LogP contribution in [0.2, 0.25) is 0 Å². The van der Waals surface area contributed by atoms with Crippen molar-refractivity contribution in [3.05, 3.63) is 146 Å². The molecule has 2 atom stereocenters. The lowest BCUT2D eigenvalue weighted by Crippen LogP contribution is -2.11. The van der Waals surface area contributed by atoms with E-state index in [4.69, 9.17) is 8.92 Å². The molecule has 0 radical (unpaired) electrons. The van der Waals surface area contributed by atoms with Crippen molar-refractivity contribution in [2.75, 3.05) is 0 Å². The van der Waals surface area contributed by atoms with Gasteiger partial charge in [0.25, 0.3) is 0 Å². The van der Waals surface area contributed by atoms with Crippen LogP contribution in [-0.4, -0.2) is 13.5 Å². The minimum atomic E-state index is -3.82. The van der Waals surface area contributed by atoms with Gasteiger partial charge in [0.2, 0.25) is 0 Å². The molecular formula is C39H39BrO5S. The number of hydrogen-bond donors (Lipinski definition) is 1. The minimum Gasteiger partial charge on any atom is -0.507 e. The molecule has 2 aliphatic rings. The molecule has 1 N–H and O–H groups in total. The Morgan fingerprint density at radius 1 is 0.652 bits per heavy atom. The zero-order chi connectivity index (χ0) is 33.3. The Kier molecular flexibility index (Phi) is 9.78. The molecule has 2 heterocycles. The first-order valence-electron chi connectivity index (χ1n) is 15.2. The summed E-state index contributed by atoms with van der Waals surface area (Å²) in [4.78, 5) is 0.149. The standard InChI is InChI=1S/C15H15BrO3S.2C12H12O/c1-10-4-8-13(9-5-10)20(17,18)19-15-12(3)7-6-11(2)14(15)16;1-7-3-4-8(2)12-10-6-5-9(13-10)11(7)12;1-8-6-7-9(2)12-10(8)4-3-5-11(12)13/h4-9H,1-3H3;3-6,9-10H,1-2H3;3-7,13H,1-2H3. The fourth-order valence-electron chi connectivity index (χ4n) is 5.81. The van der Waals surface area contributed by atoms with Gasteiger partial charge in [-0.05, 0) is 132 Å². The highest BCUT2D eigenvalue weighted by atomic mass is 79.9. The second-order valence-corrected chi connectivity index (χ2v) is 14.3. The number of benzene rings is 5. The van der Waals surface area contributed by atoms with Gasteiger partial charge in [-0.15, -0.1) is 0 Å². The Morgan fingerprint density at radius 2 is 1.17 bits per heavy atom. The number of hydrogen-bond acceptors (Lipinski definition) is 5. The van der Waals surface area contributed by atoms with Gasteiger partial charge in [-0.3, -0.25) is 0 Å². The van der Waals surface area contributed by atoms with E-state index in [0.717, 1.165) is 33.0 Å². The predicted molar refractivity (Wildman–Crippen MR) is 189 cm³/mol. The monoisotopic (exact) mass is 698 g/mol. The van der Waals surface area contributed by atoms with E-state index in [9.17, 15) is 13.5 Å². The van der Waals surface area contributed by atoms with Crippen LogP contribution in [0.3, 0.4) is 0 Å². The van der Waals surface area contributed by atoms with Gasteiger partial charge in [0.15, 0.2) is 5.75 Å². The van der Waals surface area contributed by atoms with Crippen molar-refractivity contribution in [3.63, 3.8) is 0 Å². The topological polar surface area (TPSA) is 72.8 Å². The summed E-state index contributed by atoms with van der Waals surface area (Å²) in [6, 6.07) is 24.5. The van der Waals surface area contributed by atoms with E-state index in [1.165, 1.54) is 27.8 Å². The van der Waals surface area contributed by atoms with E-state index >= 15 is 0 Å². The highest BCUT2D eigenvalue weighted by Crippen LogP contribution is 2.48. The van der Waals surface area contributed by atoms with Gasteiger partial charge >= 0.3 is 10.1 Å². The zero-order valence-electron chi connectivity index (χ0n) is 27.2. The zero-order valence-corrected chi connectivity index (χ0v) is 29.6. The van der Waals surface area contributed by atoms with E-state index in [0.29, 0.717) is 16.0 Å². The summed E-state index contributed by atoms with van der Waals surface area (Å²) < 4.78 is 36.3. The van der Waals surface area contributed by atoms with Gasteiger partial charge in [-0.1, -0.05) is 78.4 Å². The number of aryl methyl sites for hydroxylation is 7. The quantitative estimate of drug-likeness (QED) is 0.150. The van der Waals surface area contributed by atoms with Gasteiger partial charge < -0.3 is 14.0 Å². The molecular weight excluding hydrogens is 660 g/mol. The van der Waals surface area contributed by atoms with Crippen LogP contribution in [0, 0.1) is 48.5 Å². The molecule has 5 aromatic rings. The third kappa shape index (κ3) is 6.77. The maximum atomic E-state index is 12.3. The van der Waals surface area contributed by atoms with E-state index in [1.807, 2.05) is 58.0 Å². The molecule has 46 heavy (non-hydrogen) atoms. The number of aromatic hydroxyl groups is 1. The molecule has 2 unspecified atom stereocenters. The first kappa shape index (κ1) is 33.5. The molecule has 0 aliphatic carbocycles. The summed E-state index contributed by atoms with van der Waals surface area (Å²) in [6.07, 6.45) is 4.80. The fraction of sp³-hybridized carbons (Fsp3) is 0.231. The summed E-state index contributed by atoms with van der Waals surface area (Å²) in [7, 11) is -3.82. The fourth-order valence-corrected chi connectivity index (χ4v) is 7.44. The highest BCUT2D eigenvalue weighted by molar-refractivity contribution is 9.10. The van der Waals surface area contributed by atoms with Crippen molar-refractivity contribution in [1.82, 2.24) is 0 Å². The van der Waals surface area contributed by atoms with Gasteiger partial charge in [0, 0.05) is 5.39 Å². The number of ether oxygens (including phenoxy) is 1. The molecule has 238 valence electrons. The maximum Gasteiger partial charge on any atom is 0.339 e. The molecule has 0 fully saturated rings. The number of phenols is 1. The number of fused-ring (bicyclic) bond motifs is 6. The largest absolute Gasteiger partial charge is 0.507 e. The van der Waals surface area contributed by atoms with Crippen LogP contribution in [0.25, 0.3) is 10.8 Å². The maximum absolute atomic E-state index is 12.3. The smallest absolute Gasteiger partial charge is 0.339 e. The van der Waals surface area contributed by atoms with Crippen molar-refractivity contribution in [3.8, 4) is 11.5 Å². The van der Waals surface area contributed by atoms with Crippen molar-refractivity contribution >= 4 is 36.8 Å². The van der Waals surface area contributed by atoms with Crippen molar-refractivity contribution < 1.29 is 22.4 Å². The average molecular weight is 700 g/mol. The average Bonchev–Trinajstić information content (AvgIpc) is 3.66. The van der Waals surface area contributed by atoms with E-state index in [-0.39, 0.29) is 17.1 Å². The van der Waals surface area contributed by atoms with Crippen LogP contribution in [0.5, 0.6) is 11.5 Å². The van der Waals surface area contributed by atoms with Crippen LogP contribution >= 0.6 is 15.9 Å². The lowest BCUT2D eigenvalue weighted by Gasteiger charge is -2.12. The number of rotatable bonds is 3. The number of phenolic OH excluding ortho intramolecular Hbond substituents is 1. The first-order chi connectivity index (χ1) is 21.8. The molecule has 0 spiro atoms. The van der Waals surface area contributed by atoms with E-state index in [1.54, 1.807) is 30.3 Å². The predicted octanol–water partition coefficient (Wildman–Crippen LogP) is 10.3. The molecule has 7 heteroatoms. The Bertz CT molecular complexity index is 2020. The molecule has 2 bridgehead atoms. The van der Waals surface area contributed by atoms with Gasteiger partial charge in [-0.25, -0.2) is 0 Å². The van der Waals surface area contributed by atoms with Crippen molar-refractivity contribution in [2.45, 2.75) is 65.6 Å². The summed E-state index contributed by atoms with van der Waals surface area (Å²) in [6.45, 7) is 14.0. The summed E-state index contributed by atoms with van der Waals surface area (Å²) in [5.74, 6) is 0.712. The third-order valence-corrected chi connectivity index (χ3v) is 10.7. The summed E-state index contributed by atoms with van der Waals surface area (Å²) in [5, 5.41) is 11.8. The van der Waals surface area contributed by atoms with E-state index in [2.05, 4.69) is 67.1 Å². The van der Waals surface area contributed by atoms with Crippen molar-refractivity contribution in [1.29, 1.82) is 0 Å². The van der Waals surface area contributed by atoms with E-state index < -0.39 is 10.1 Å². The third-order valence-electron chi connectivity index (χ3n) is 8.48. The Morgan fingerprint density at radius 3 is 1.76 bits per heavy atom. The molecule has 2 aliphatic heterocycles. The van der Waals surface area contributed by atoms with Gasteiger partial charge in [-0.2, -0.15) is 8.42 Å². The molecule has 0 amide bonds. The van der Waals surface area contributed by atoms with Crippen LogP contribution in [0.4, 0.5) is 0 Å². The van der Waals surface area contributed by atoms with Crippen molar-refractivity contribution in [2.24, 2.45) is 0 Å². The minimum absolute atomic E-state index is 0.149. The summed E-state index contributed by atoms with van der Waals surface area (Å²) in [5.41, 5.74) is 10.5. The van der Waals surface area contributed by atoms with Gasteiger partial charge in [0.1, 0.15) is 22.9 Å². The normalized spacial score (nSPS) is 15.9. The van der Waals surface area contributed by atoms with Crippen LogP contribution in [-0.2, 0) is 14.9 Å². The Balaban J connectivity index is 0.000000141. The molecule has 5 nitrogen and oxygen atoms in total. The highest BCUT2D eigenvalue weighted by Gasteiger charge is 2.35. The molecule has 7 rings (SSSR count).